The molecule has 0 saturated carbocycles. The van der Waals surface area contributed by atoms with Gasteiger partial charge in [-0.3, -0.25) is 9.79 Å². The van der Waals surface area contributed by atoms with Crippen LogP contribution in [0.25, 0.3) is 0 Å². The van der Waals surface area contributed by atoms with E-state index in [2.05, 4.69) is 15.6 Å². The molecule has 1 aromatic heterocycles. The number of halogens is 2. The molecule has 1 amide bonds. The first-order chi connectivity index (χ1) is 12.1. The molecule has 0 aliphatic rings. The van der Waals surface area contributed by atoms with Gasteiger partial charge >= 0.3 is 0 Å². The van der Waals surface area contributed by atoms with E-state index in [4.69, 9.17) is 11.6 Å². The molecular formula is C18H24ClIN4OS. The molecule has 0 fully saturated rings. The molecule has 0 spiro atoms. The van der Waals surface area contributed by atoms with E-state index in [0.29, 0.717) is 13.1 Å². The Balaban J connectivity index is 0.00000338. The smallest absolute Gasteiger partial charge is 0.261 e. The minimum absolute atomic E-state index is 0. The minimum Gasteiger partial charge on any atom is -0.356 e. The van der Waals surface area contributed by atoms with E-state index in [1.165, 1.54) is 11.3 Å². The fourth-order valence-electron chi connectivity index (χ4n) is 2.33. The summed E-state index contributed by atoms with van der Waals surface area (Å²) in [5.74, 6) is 0.778. The Morgan fingerprint density at radius 2 is 1.92 bits per heavy atom. The van der Waals surface area contributed by atoms with Crippen LogP contribution in [0.5, 0.6) is 0 Å². The number of carbonyl (C=O) groups is 1. The molecule has 26 heavy (non-hydrogen) atoms. The average Bonchev–Trinajstić information content (AvgIpc) is 3.14. The van der Waals surface area contributed by atoms with Gasteiger partial charge in [0.25, 0.3) is 5.91 Å². The van der Waals surface area contributed by atoms with Gasteiger partial charge in [-0.2, -0.15) is 0 Å². The molecule has 2 N–H and O–H groups in total. The van der Waals surface area contributed by atoms with Crippen molar-refractivity contribution >= 4 is 58.8 Å². The molecule has 1 heterocycles. The fourth-order valence-corrected chi connectivity index (χ4v) is 3.16. The summed E-state index contributed by atoms with van der Waals surface area (Å²) in [5.41, 5.74) is 1.05. The molecule has 142 valence electrons. The molecule has 0 unspecified atom stereocenters. The van der Waals surface area contributed by atoms with Gasteiger partial charge in [0.05, 0.1) is 4.88 Å². The maximum atomic E-state index is 11.8. The Bertz CT molecular complexity index is 709. The summed E-state index contributed by atoms with van der Waals surface area (Å²) >= 11 is 7.65. The van der Waals surface area contributed by atoms with Gasteiger partial charge in [0.15, 0.2) is 5.96 Å². The van der Waals surface area contributed by atoms with Crippen LogP contribution in [0.2, 0.25) is 5.02 Å². The molecule has 5 nitrogen and oxygen atoms in total. The third kappa shape index (κ3) is 7.13. The maximum absolute atomic E-state index is 11.8. The topological polar surface area (TPSA) is 56.7 Å². The van der Waals surface area contributed by atoms with Crippen LogP contribution in [0.1, 0.15) is 21.7 Å². The summed E-state index contributed by atoms with van der Waals surface area (Å²) in [6.07, 6.45) is 0.816. The van der Waals surface area contributed by atoms with Crippen LogP contribution in [0.3, 0.4) is 0 Å². The number of benzene rings is 1. The second-order valence-electron chi connectivity index (χ2n) is 5.51. The van der Waals surface area contributed by atoms with E-state index in [0.717, 1.165) is 34.4 Å². The van der Waals surface area contributed by atoms with Crippen molar-refractivity contribution in [3.8, 4) is 0 Å². The predicted molar refractivity (Wildman–Crippen MR) is 121 cm³/mol. The molecule has 0 bridgehead atoms. The third-order valence-corrected chi connectivity index (χ3v) is 4.84. The summed E-state index contributed by atoms with van der Waals surface area (Å²) < 4.78 is 0. The molecule has 2 rings (SSSR count). The van der Waals surface area contributed by atoms with Gasteiger partial charge in [-0.15, -0.1) is 35.3 Å². The van der Waals surface area contributed by atoms with Gasteiger partial charge < -0.3 is 15.5 Å². The molecule has 0 atom stereocenters. The Labute approximate surface area is 180 Å². The number of nitrogens with zero attached hydrogens (tertiary/aromatic N) is 2. The van der Waals surface area contributed by atoms with E-state index in [9.17, 15) is 4.79 Å². The highest BCUT2D eigenvalue weighted by molar-refractivity contribution is 14.0. The average molecular weight is 507 g/mol. The van der Waals surface area contributed by atoms with Crippen molar-refractivity contribution in [1.29, 1.82) is 0 Å². The van der Waals surface area contributed by atoms with Crippen molar-refractivity contribution in [2.75, 3.05) is 27.2 Å². The highest BCUT2D eigenvalue weighted by Gasteiger charge is 2.09. The van der Waals surface area contributed by atoms with Crippen LogP contribution in [-0.2, 0) is 6.54 Å². The second-order valence-corrected chi connectivity index (χ2v) is 6.86. The standard InChI is InChI=1S/C18H23ClN4OS.HI/c1-20-18(23(2)13-14-7-3-4-8-15(14)19)22-11-6-10-21-17(24)16-9-5-12-25-16;/h3-5,7-9,12H,6,10-11,13H2,1-2H3,(H,20,22)(H,21,24);1H. The Hall–Kier alpha value is -1.32. The third-order valence-electron chi connectivity index (χ3n) is 3.61. The molecule has 0 aliphatic heterocycles. The second kappa shape index (κ2) is 12.1. The van der Waals surface area contributed by atoms with Crippen LogP contribution >= 0.6 is 46.9 Å². The van der Waals surface area contributed by atoms with E-state index in [1.807, 2.05) is 53.7 Å². The summed E-state index contributed by atoms with van der Waals surface area (Å²) in [7, 11) is 3.72. The van der Waals surface area contributed by atoms with Gasteiger partial charge in [-0.1, -0.05) is 35.9 Å². The number of guanidine groups is 1. The van der Waals surface area contributed by atoms with E-state index in [-0.39, 0.29) is 29.9 Å². The van der Waals surface area contributed by atoms with Gasteiger partial charge in [-0.05, 0) is 29.5 Å². The molecule has 0 radical (unpaired) electrons. The summed E-state index contributed by atoms with van der Waals surface area (Å²) in [5, 5.41) is 8.86. The zero-order valence-electron chi connectivity index (χ0n) is 14.9. The first-order valence-corrected chi connectivity index (χ1v) is 9.34. The first-order valence-electron chi connectivity index (χ1n) is 8.08. The zero-order valence-corrected chi connectivity index (χ0v) is 18.8. The molecule has 1 aromatic carbocycles. The lowest BCUT2D eigenvalue weighted by molar-refractivity contribution is 0.0957. The lowest BCUT2D eigenvalue weighted by Crippen LogP contribution is -2.39. The summed E-state index contributed by atoms with van der Waals surface area (Å²) in [4.78, 5) is 18.9. The van der Waals surface area contributed by atoms with Crippen LogP contribution < -0.4 is 10.6 Å². The van der Waals surface area contributed by atoms with Crippen LogP contribution in [-0.4, -0.2) is 44.0 Å². The highest BCUT2D eigenvalue weighted by Crippen LogP contribution is 2.16. The molecule has 2 aromatic rings. The minimum atomic E-state index is -0.0183. The number of rotatable bonds is 7. The summed E-state index contributed by atoms with van der Waals surface area (Å²) in [6, 6.07) is 11.5. The Morgan fingerprint density at radius 1 is 1.19 bits per heavy atom. The van der Waals surface area contributed by atoms with E-state index < -0.39 is 0 Å². The van der Waals surface area contributed by atoms with Gasteiger partial charge in [0.2, 0.25) is 0 Å². The highest BCUT2D eigenvalue weighted by atomic mass is 127. The lowest BCUT2D eigenvalue weighted by atomic mass is 10.2. The molecule has 8 heteroatoms. The number of nitrogens with one attached hydrogen (secondary N) is 2. The molecule has 0 saturated heterocycles. The van der Waals surface area contributed by atoms with Crippen LogP contribution in [0, 0.1) is 0 Å². The van der Waals surface area contributed by atoms with Gasteiger partial charge in [0.1, 0.15) is 0 Å². The normalized spacial score (nSPS) is 10.8. The van der Waals surface area contributed by atoms with E-state index >= 15 is 0 Å². The van der Waals surface area contributed by atoms with Crippen LogP contribution in [0.4, 0.5) is 0 Å². The first kappa shape index (κ1) is 22.7. The number of hydrogen-bond acceptors (Lipinski definition) is 3. The van der Waals surface area contributed by atoms with Gasteiger partial charge in [-0.25, -0.2) is 0 Å². The number of carbonyl (C=O) groups excluding carboxylic acids is 1. The van der Waals surface area contributed by atoms with Crippen molar-refractivity contribution in [3.63, 3.8) is 0 Å². The SMILES string of the molecule is CN=C(NCCCNC(=O)c1cccs1)N(C)Cc1ccccc1Cl.I. The number of thiophene rings is 1. The van der Waals surface area contributed by atoms with Crippen molar-refractivity contribution in [1.82, 2.24) is 15.5 Å². The fraction of sp³-hybridized carbons (Fsp3) is 0.333. The quantitative estimate of drug-likeness (QED) is 0.260. The largest absolute Gasteiger partial charge is 0.356 e. The predicted octanol–water partition coefficient (Wildman–Crippen LogP) is 3.85. The van der Waals surface area contributed by atoms with Crippen molar-refractivity contribution in [2.24, 2.45) is 4.99 Å². The Morgan fingerprint density at radius 3 is 2.58 bits per heavy atom. The number of aliphatic imine (C=N–C) groups is 1. The number of hydrogen-bond donors (Lipinski definition) is 2. The zero-order chi connectivity index (χ0) is 18.1. The van der Waals surface area contributed by atoms with Crippen molar-refractivity contribution < 1.29 is 4.79 Å². The van der Waals surface area contributed by atoms with Gasteiger partial charge in [0, 0.05) is 38.8 Å². The maximum Gasteiger partial charge on any atom is 0.261 e. The Kier molecular flexibility index (Phi) is 10.6. The van der Waals surface area contributed by atoms with Crippen molar-refractivity contribution in [2.45, 2.75) is 13.0 Å². The lowest BCUT2D eigenvalue weighted by Gasteiger charge is -2.22. The van der Waals surface area contributed by atoms with Crippen molar-refractivity contribution in [3.05, 3.63) is 57.2 Å². The van der Waals surface area contributed by atoms with E-state index in [1.54, 1.807) is 7.05 Å². The van der Waals surface area contributed by atoms with Crippen LogP contribution in [0.15, 0.2) is 46.8 Å². The molecular weight excluding hydrogens is 483 g/mol. The number of amides is 1. The monoisotopic (exact) mass is 506 g/mol. The molecule has 0 aliphatic carbocycles. The summed E-state index contributed by atoms with van der Waals surface area (Å²) in [6.45, 7) is 2.02.